The summed E-state index contributed by atoms with van der Waals surface area (Å²) in [5, 5.41) is 28.8. The van der Waals surface area contributed by atoms with Gasteiger partial charge in [0.15, 0.2) is 0 Å². The van der Waals surface area contributed by atoms with Crippen LogP contribution in [-0.4, -0.2) is 44.0 Å². The molecule has 0 spiro atoms. The molecule has 0 aromatic heterocycles. The lowest BCUT2D eigenvalue weighted by molar-refractivity contribution is 0.0611. The van der Waals surface area contributed by atoms with Crippen molar-refractivity contribution in [2.24, 2.45) is 0 Å². The molecule has 8 nitrogen and oxygen atoms in total. The number of benzene rings is 3. The Balaban J connectivity index is 1.88. The van der Waals surface area contributed by atoms with Gasteiger partial charge in [-0.15, -0.1) is 0 Å². The molecule has 0 saturated carbocycles. The van der Waals surface area contributed by atoms with Crippen molar-refractivity contribution in [3.05, 3.63) is 104 Å². The Kier molecular flexibility index (Phi) is 7.21. The summed E-state index contributed by atoms with van der Waals surface area (Å²) in [7, 11) is 0. The predicted molar refractivity (Wildman–Crippen MR) is 133 cm³/mol. The van der Waals surface area contributed by atoms with Crippen LogP contribution in [0, 0.1) is 0 Å². The highest BCUT2D eigenvalue weighted by Gasteiger charge is 2.33. The van der Waals surface area contributed by atoms with Crippen molar-refractivity contribution in [2.75, 3.05) is 0 Å². The van der Waals surface area contributed by atoms with Crippen molar-refractivity contribution in [3.8, 4) is 0 Å². The molecule has 0 radical (unpaired) electrons. The van der Waals surface area contributed by atoms with Crippen LogP contribution in [0.1, 0.15) is 77.0 Å². The molecule has 0 bridgehead atoms. The highest BCUT2D eigenvalue weighted by atomic mass is 79.9. The number of carboxylic acid groups (broad SMARTS) is 3. The molecule has 3 aromatic rings. The van der Waals surface area contributed by atoms with Crippen molar-refractivity contribution in [1.29, 1.82) is 0 Å². The minimum Gasteiger partial charge on any atom is -0.478 e. The maximum absolute atomic E-state index is 14.0. The topological polar surface area (TPSA) is 132 Å². The third-order valence-electron chi connectivity index (χ3n) is 6.32. The largest absolute Gasteiger partial charge is 0.478 e. The normalized spacial score (nSPS) is 14.5. The Morgan fingerprint density at radius 2 is 1.36 bits per heavy atom. The summed E-state index contributed by atoms with van der Waals surface area (Å²) in [4.78, 5) is 51.0. The van der Waals surface area contributed by atoms with Crippen molar-refractivity contribution in [3.63, 3.8) is 0 Å². The molecular formula is C27H22BrNO7. The Morgan fingerprint density at radius 3 is 1.97 bits per heavy atom. The molecule has 9 heteroatoms. The fourth-order valence-corrected chi connectivity index (χ4v) is 4.89. The van der Waals surface area contributed by atoms with E-state index < -0.39 is 40.5 Å². The van der Waals surface area contributed by atoms with Crippen molar-refractivity contribution in [1.82, 2.24) is 4.90 Å². The second kappa shape index (κ2) is 10.3. The van der Waals surface area contributed by atoms with Gasteiger partial charge in [-0.2, -0.15) is 0 Å². The lowest BCUT2D eigenvalue weighted by Gasteiger charge is -2.36. The van der Waals surface area contributed by atoms with Crippen LogP contribution in [0.5, 0.6) is 0 Å². The van der Waals surface area contributed by atoms with Gasteiger partial charge in [0.05, 0.1) is 28.3 Å². The summed E-state index contributed by atoms with van der Waals surface area (Å²) in [5.74, 6) is -5.37. The minimum absolute atomic E-state index is 0.146. The minimum atomic E-state index is -1.60. The van der Waals surface area contributed by atoms with Crippen molar-refractivity contribution in [2.45, 2.75) is 31.8 Å². The monoisotopic (exact) mass is 551 g/mol. The van der Waals surface area contributed by atoms with Gasteiger partial charge in [-0.3, -0.25) is 4.79 Å². The number of carboxylic acids is 3. The van der Waals surface area contributed by atoms with Gasteiger partial charge in [0.25, 0.3) is 5.91 Å². The van der Waals surface area contributed by atoms with Crippen LogP contribution >= 0.6 is 15.9 Å². The molecule has 0 heterocycles. The zero-order valence-electron chi connectivity index (χ0n) is 19.0. The first-order valence-electron chi connectivity index (χ1n) is 11.2. The summed E-state index contributed by atoms with van der Waals surface area (Å²) in [5.41, 5.74) is 0.562. The molecule has 184 valence electrons. The van der Waals surface area contributed by atoms with Gasteiger partial charge in [0.1, 0.15) is 0 Å². The molecule has 0 unspecified atom stereocenters. The smallest absolute Gasteiger partial charge is 0.336 e. The second-order valence-electron chi connectivity index (χ2n) is 8.53. The fraction of sp³-hybridized carbons (Fsp3) is 0.185. The lowest BCUT2D eigenvalue weighted by Crippen LogP contribution is -2.37. The molecule has 1 aliphatic rings. The SMILES string of the molecule is O=C(O)c1cc(C(=O)O)c(C(=O)N(Cc2ccc(Br)cc2)[C@H]2CCCc3ccccc32)cc1C(=O)O. The van der Waals surface area contributed by atoms with E-state index in [0.717, 1.165) is 46.1 Å². The Morgan fingerprint density at radius 1 is 0.806 bits per heavy atom. The van der Waals surface area contributed by atoms with Crippen LogP contribution in [0.25, 0.3) is 0 Å². The van der Waals surface area contributed by atoms with Crippen LogP contribution in [0.2, 0.25) is 0 Å². The van der Waals surface area contributed by atoms with Crippen LogP contribution in [0.3, 0.4) is 0 Å². The van der Waals surface area contributed by atoms with Gasteiger partial charge in [-0.05, 0) is 60.2 Å². The molecule has 0 saturated heterocycles. The summed E-state index contributed by atoms with van der Waals surface area (Å²) < 4.78 is 0.857. The first-order valence-corrected chi connectivity index (χ1v) is 12.0. The molecule has 0 fully saturated rings. The zero-order valence-corrected chi connectivity index (χ0v) is 20.6. The van der Waals surface area contributed by atoms with Crippen LogP contribution in [-0.2, 0) is 13.0 Å². The molecule has 1 atom stereocenters. The Labute approximate surface area is 214 Å². The van der Waals surface area contributed by atoms with E-state index in [1.165, 1.54) is 0 Å². The highest BCUT2D eigenvalue weighted by molar-refractivity contribution is 9.10. The number of rotatable bonds is 7. The zero-order chi connectivity index (χ0) is 26.0. The van der Waals surface area contributed by atoms with Gasteiger partial charge < -0.3 is 20.2 Å². The molecule has 1 aliphatic carbocycles. The molecule has 36 heavy (non-hydrogen) atoms. The van der Waals surface area contributed by atoms with E-state index in [1.54, 1.807) is 4.90 Å². The van der Waals surface area contributed by atoms with Crippen LogP contribution < -0.4 is 0 Å². The van der Waals surface area contributed by atoms with E-state index in [4.69, 9.17) is 0 Å². The van der Waals surface area contributed by atoms with Gasteiger partial charge in [0.2, 0.25) is 0 Å². The lowest BCUT2D eigenvalue weighted by atomic mass is 9.86. The van der Waals surface area contributed by atoms with E-state index in [-0.39, 0.29) is 18.2 Å². The number of carbonyl (C=O) groups is 4. The van der Waals surface area contributed by atoms with E-state index in [2.05, 4.69) is 15.9 Å². The number of aryl methyl sites for hydroxylation is 1. The van der Waals surface area contributed by atoms with E-state index in [1.807, 2.05) is 48.5 Å². The van der Waals surface area contributed by atoms with Crippen molar-refractivity contribution >= 4 is 39.7 Å². The third-order valence-corrected chi connectivity index (χ3v) is 6.85. The van der Waals surface area contributed by atoms with Gasteiger partial charge in [-0.1, -0.05) is 52.3 Å². The average molecular weight is 552 g/mol. The number of halogens is 1. The number of fused-ring (bicyclic) bond motifs is 1. The van der Waals surface area contributed by atoms with Gasteiger partial charge >= 0.3 is 17.9 Å². The third kappa shape index (κ3) is 5.01. The highest BCUT2D eigenvalue weighted by Crippen LogP contribution is 2.37. The first kappa shape index (κ1) is 25.1. The summed E-state index contributed by atoms with van der Waals surface area (Å²) >= 11 is 3.39. The number of carbonyl (C=O) groups excluding carboxylic acids is 1. The standard InChI is InChI=1S/C27H22BrNO7/c28-17-10-8-15(9-11-17)14-29(23-7-3-5-16-4-1-2-6-18(16)23)24(30)19-12-21(26(33)34)22(27(35)36)13-20(19)25(31)32/h1-2,4,6,8-13,23H,3,5,7,14H2,(H,31,32)(H,33,34)(H,35,36)/t23-/m0/s1. The number of amides is 1. The number of aromatic carboxylic acids is 3. The maximum Gasteiger partial charge on any atom is 0.336 e. The molecule has 0 aliphatic heterocycles. The molecule has 3 N–H and O–H groups in total. The average Bonchev–Trinajstić information content (AvgIpc) is 2.86. The Bertz CT molecular complexity index is 1370. The van der Waals surface area contributed by atoms with E-state index >= 15 is 0 Å². The van der Waals surface area contributed by atoms with Crippen LogP contribution in [0.4, 0.5) is 0 Å². The van der Waals surface area contributed by atoms with E-state index in [9.17, 15) is 34.5 Å². The fourth-order valence-electron chi connectivity index (χ4n) is 4.62. The first-order chi connectivity index (χ1) is 17.2. The maximum atomic E-state index is 14.0. The van der Waals surface area contributed by atoms with Gasteiger partial charge in [0, 0.05) is 11.0 Å². The number of hydrogen-bond donors (Lipinski definition) is 3. The van der Waals surface area contributed by atoms with Crippen LogP contribution in [0.15, 0.2) is 65.1 Å². The van der Waals surface area contributed by atoms with E-state index in [0.29, 0.717) is 6.42 Å². The van der Waals surface area contributed by atoms with Crippen molar-refractivity contribution < 1.29 is 34.5 Å². The molecule has 3 aromatic carbocycles. The van der Waals surface area contributed by atoms with Gasteiger partial charge in [-0.25, -0.2) is 14.4 Å². The summed E-state index contributed by atoms with van der Waals surface area (Å²) in [6.45, 7) is 0.146. The second-order valence-corrected chi connectivity index (χ2v) is 9.44. The summed E-state index contributed by atoms with van der Waals surface area (Å²) in [6.07, 6.45) is 2.31. The summed E-state index contributed by atoms with van der Waals surface area (Å²) in [6, 6.07) is 16.3. The molecule has 4 rings (SSSR count). The Hall–Kier alpha value is -3.98. The predicted octanol–water partition coefficient (Wildman–Crippen LogP) is 5.26. The number of hydrogen-bond acceptors (Lipinski definition) is 4. The quantitative estimate of drug-likeness (QED) is 0.364. The molecule has 1 amide bonds. The molecular weight excluding hydrogens is 530 g/mol. The number of nitrogens with zero attached hydrogens (tertiary/aromatic N) is 1.